The van der Waals surface area contributed by atoms with E-state index in [1.165, 1.54) is 10.4 Å². The largest absolute Gasteiger partial charge is 0.370 e. The van der Waals surface area contributed by atoms with E-state index in [2.05, 4.69) is 39.7 Å². The van der Waals surface area contributed by atoms with Crippen molar-refractivity contribution < 1.29 is 0 Å². The lowest BCUT2D eigenvalue weighted by Crippen LogP contribution is -2.07. The van der Waals surface area contributed by atoms with Crippen LogP contribution in [0, 0.1) is 6.92 Å². The molecule has 0 aromatic carbocycles. The van der Waals surface area contributed by atoms with Crippen LogP contribution in [0.4, 0.5) is 5.82 Å². The Bertz CT molecular complexity index is 707. The molecular formula is C17H17N3S. The van der Waals surface area contributed by atoms with Crippen LogP contribution in [0.15, 0.2) is 54.0 Å². The first-order valence-corrected chi connectivity index (χ1v) is 7.85. The summed E-state index contributed by atoms with van der Waals surface area (Å²) in [7, 11) is 0. The van der Waals surface area contributed by atoms with Crippen LogP contribution in [0.2, 0.25) is 0 Å². The highest BCUT2D eigenvalue weighted by molar-refractivity contribution is 7.13. The molecule has 4 heteroatoms. The molecule has 0 amide bonds. The molecule has 0 saturated carbocycles. The first-order chi connectivity index (χ1) is 10.3. The highest BCUT2D eigenvalue weighted by Crippen LogP contribution is 2.26. The van der Waals surface area contributed by atoms with Crippen LogP contribution in [0.25, 0.3) is 10.6 Å². The molecule has 0 atom stereocenters. The van der Waals surface area contributed by atoms with Gasteiger partial charge in [-0.1, -0.05) is 12.1 Å². The minimum Gasteiger partial charge on any atom is -0.370 e. The van der Waals surface area contributed by atoms with E-state index in [1.807, 2.05) is 36.5 Å². The molecule has 0 aliphatic rings. The highest BCUT2D eigenvalue weighted by atomic mass is 32.1. The van der Waals surface area contributed by atoms with Gasteiger partial charge in [0.25, 0.3) is 0 Å². The molecule has 106 valence electrons. The van der Waals surface area contributed by atoms with Crippen molar-refractivity contribution in [3.63, 3.8) is 0 Å². The van der Waals surface area contributed by atoms with E-state index in [0.29, 0.717) is 0 Å². The number of hydrogen-bond donors (Lipinski definition) is 1. The molecule has 3 nitrogen and oxygen atoms in total. The maximum Gasteiger partial charge on any atom is 0.126 e. The molecule has 0 spiro atoms. The smallest absolute Gasteiger partial charge is 0.126 e. The van der Waals surface area contributed by atoms with Crippen molar-refractivity contribution in [2.45, 2.75) is 13.3 Å². The maximum atomic E-state index is 4.67. The Kier molecular flexibility index (Phi) is 4.26. The number of nitrogens with zero attached hydrogens (tertiary/aromatic N) is 2. The van der Waals surface area contributed by atoms with Crippen molar-refractivity contribution in [2.75, 3.05) is 11.9 Å². The Morgan fingerprint density at radius 3 is 2.86 bits per heavy atom. The Hall–Kier alpha value is -2.20. The number of rotatable bonds is 5. The van der Waals surface area contributed by atoms with Gasteiger partial charge >= 0.3 is 0 Å². The fraction of sp³-hybridized carbons (Fsp3) is 0.176. The summed E-state index contributed by atoms with van der Waals surface area (Å²) in [6.45, 7) is 2.94. The number of thiophene rings is 1. The molecule has 0 radical (unpaired) electrons. The first kappa shape index (κ1) is 13.8. The number of aromatic nitrogens is 2. The van der Waals surface area contributed by atoms with Crippen LogP contribution in [-0.4, -0.2) is 16.5 Å². The van der Waals surface area contributed by atoms with Gasteiger partial charge in [0.05, 0.1) is 10.6 Å². The number of nitrogens with one attached hydrogen (secondary N) is 1. The van der Waals surface area contributed by atoms with E-state index < -0.39 is 0 Å². The van der Waals surface area contributed by atoms with Crippen LogP contribution >= 0.6 is 11.3 Å². The van der Waals surface area contributed by atoms with Gasteiger partial charge in [0.15, 0.2) is 0 Å². The Balaban J connectivity index is 1.64. The second-order valence-corrected chi connectivity index (χ2v) is 5.81. The second-order valence-electron chi connectivity index (χ2n) is 4.89. The van der Waals surface area contributed by atoms with Gasteiger partial charge in [-0.05, 0) is 48.2 Å². The normalized spacial score (nSPS) is 10.5. The number of anilines is 1. The van der Waals surface area contributed by atoms with Crippen LogP contribution in [0.1, 0.15) is 11.3 Å². The summed E-state index contributed by atoms with van der Waals surface area (Å²) in [6, 6.07) is 14.3. The first-order valence-electron chi connectivity index (χ1n) is 6.97. The Morgan fingerprint density at radius 2 is 2.10 bits per heavy atom. The predicted octanol–water partition coefficient (Wildman–Crippen LogP) is 4.17. The molecule has 3 aromatic heterocycles. The Morgan fingerprint density at radius 1 is 1.14 bits per heavy atom. The molecular weight excluding hydrogens is 278 g/mol. The summed E-state index contributed by atoms with van der Waals surface area (Å²) in [6.07, 6.45) is 2.72. The lowest BCUT2D eigenvalue weighted by atomic mass is 10.2. The van der Waals surface area contributed by atoms with E-state index >= 15 is 0 Å². The summed E-state index contributed by atoms with van der Waals surface area (Å²) in [5, 5.41) is 5.51. The summed E-state index contributed by atoms with van der Waals surface area (Å²) in [5.74, 6) is 0.912. The molecule has 0 unspecified atom stereocenters. The van der Waals surface area contributed by atoms with Crippen LogP contribution < -0.4 is 5.32 Å². The van der Waals surface area contributed by atoms with E-state index in [9.17, 15) is 0 Å². The van der Waals surface area contributed by atoms with Gasteiger partial charge in [-0.3, -0.25) is 4.98 Å². The van der Waals surface area contributed by atoms with Gasteiger partial charge in [0.1, 0.15) is 5.82 Å². The topological polar surface area (TPSA) is 37.8 Å². The zero-order valence-electron chi connectivity index (χ0n) is 11.9. The minimum absolute atomic E-state index is 0.830. The molecule has 3 heterocycles. The molecule has 3 rings (SSSR count). The van der Waals surface area contributed by atoms with Gasteiger partial charge in [-0.25, -0.2) is 4.98 Å². The number of aryl methyl sites for hydroxylation is 1. The molecule has 0 saturated heterocycles. The van der Waals surface area contributed by atoms with Gasteiger partial charge in [-0.2, -0.15) is 0 Å². The third-order valence-corrected chi connectivity index (χ3v) is 4.22. The lowest BCUT2D eigenvalue weighted by molar-refractivity contribution is 0.954. The minimum atomic E-state index is 0.830. The number of hydrogen-bond acceptors (Lipinski definition) is 4. The average molecular weight is 295 g/mol. The van der Waals surface area contributed by atoms with E-state index in [4.69, 9.17) is 0 Å². The summed E-state index contributed by atoms with van der Waals surface area (Å²) in [5.41, 5.74) is 3.40. The maximum absolute atomic E-state index is 4.67. The van der Waals surface area contributed by atoms with Crippen LogP contribution in [-0.2, 0) is 6.42 Å². The van der Waals surface area contributed by atoms with Gasteiger partial charge < -0.3 is 5.32 Å². The highest BCUT2D eigenvalue weighted by Gasteiger charge is 2.03. The second kappa shape index (κ2) is 6.50. The van der Waals surface area contributed by atoms with E-state index in [0.717, 1.165) is 30.2 Å². The molecule has 0 aliphatic carbocycles. The molecule has 21 heavy (non-hydrogen) atoms. The summed E-state index contributed by atoms with van der Waals surface area (Å²) < 4.78 is 0. The molecule has 0 fully saturated rings. The van der Waals surface area contributed by atoms with Gasteiger partial charge in [0.2, 0.25) is 0 Å². The van der Waals surface area contributed by atoms with Crippen molar-refractivity contribution in [2.24, 2.45) is 0 Å². The van der Waals surface area contributed by atoms with Crippen molar-refractivity contribution in [1.82, 2.24) is 9.97 Å². The fourth-order valence-electron chi connectivity index (χ4n) is 2.10. The van der Waals surface area contributed by atoms with Crippen LogP contribution in [0.3, 0.4) is 0 Å². The quantitative estimate of drug-likeness (QED) is 0.767. The van der Waals surface area contributed by atoms with Crippen molar-refractivity contribution >= 4 is 17.2 Å². The molecule has 0 bridgehead atoms. The predicted molar refractivity (Wildman–Crippen MR) is 88.7 cm³/mol. The van der Waals surface area contributed by atoms with Crippen molar-refractivity contribution in [3.8, 4) is 10.6 Å². The van der Waals surface area contributed by atoms with Crippen molar-refractivity contribution in [1.29, 1.82) is 0 Å². The van der Waals surface area contributed by atoms with Crippen molar-refractivity contribution in [3.05, 3.63) is 65.3 Å². The monoisotopic (exact) mass is 295 g/mol. The average Bonchev–Trinajstić information content (AvgIpc) is 2.95. The van der Waals surface area contributed by atoms with Crippen LogP contribution in [0.5, 0.6) is 0 Å². The number of pyridine rings is 2. The summed E-state index contributed by atoms with van der Waals surface area (Å²) in [4.78, 5) is 10.2. The molecule has 1 N–H and O–H groups in total. The zero-order valence-corrected chi connectivity index (χ0v) is 12.7. The third kappa shape index (κ3) is 3.67. The third-order valence-electron chi connectivity index (χ3n) is 3.15. The zero-order chi connectivity index (χ0) is 14.5. The van der Waals surface area contributed by atoms with E-state index in [1.54, 1.807) is 11.3 Å². The van der Waals surface area contributed by atoms with Gasteiger partial charge in [0, 0.05) is 24.9 Å². The summed E-state index contributed by atoms with van der Waals surface area (Å²) >= 11 is 1.73. The standard InChI is InChI=1S/C17H17N3S/c1-13-11-16(21-12-13)15-6-4-7-17(20-15)19-10-8-14-5-2-3-9-18-14/h2-7,9,11-12H,8,10H2,1H3,(H,19,20). The molecule has 0 aliphatic heterocycles. The fourth-order valence-corrected chi connectivity index (χ4v) is 2.97. The SMILES string of the molecule is Cc1csc(-c2cccc(NCCc3ccccn3)n2)c1. The molecule has 3 aromatic rings. The van der Waals surface area contributed by atoms with Gasteiger partial charge in [-0.15, -0.1) is 11.3 Å². The lowest BCUT2D eigenvalue weighted by Gasteiger charge is -2.06. The Labute approximate surface area is 128 Å². The van der Waals surface area contributed by atoms with E-state index in [-0.39, 0.29) is 0 Å².